The second-order valence-corrected chi connectivity index (χ2v) is 6.00. The molecule has 104 valence electrons. The molecule has 1 saturated carbocycles. The molecule has 3 nitrogen and oxygen atoms in total. The van der Waals surface area contributed by atoms with Gasteiger partial charge >= 0.3 is 0 Å². The number of rotatable bonds is 2. The molecule has 0 bridgehead atoms. The smallest absolute Gasteiger partial charge is 0.266 e. The molecule has 0 saturated heterocycles. The van der Waals surface area contributed by atoms with Crippen molar-refractivity contribution in [1.29, 1.82) is 0 Å². The molecule has 21 heavy (non-hydrogen) atoms. The largest absolute Gasteiger partial charge is 0.268 e. The molecule has 2 aliphatic rings. The fourth-order valence-corrected chi connectivity index (χ4v) is 3.14. The second-order valence-electron chi connectivity index (χ2n) is 5.44. The van der Waals surface area contributed by atoms with E-state index in [0.717, 1.165) is 12.0 Å². The van der Waals surface area contributed by atoms with E-state index < -0.39 is 0 Å². The van der Waals surface area contributed by atoms with Crippen LogP contribution in [0, 0.1) is 0 Å². The molecule has 2 aromatic carbocycles. The quantitative estimate of drug-likeness (QED) is 0.627. The molecule has 4 rings (SSSR count). The molecular weight excluding hydrogens is 286 g/mol. The average molecular weight is 298 g/mol. The normalized spacial score (nSPS) is 23.4. The van der Waals surface area contributed by atoms with Gasteiger partial charge in [0.1, 0.15) is 0 Å². The van der Waals surface area contributed by atoms with Crippen molar-refractivity contribution < 1.29 is 9.59 Å². The molecule has 1 aliphatic carbocycles. The van der Waals surface area contributed by atoms with Crippen LogP contribution in [0.25, 0.3) is 0 Å². The maximum absolute atomic E-state index is 12.4. The van der Waals surface area contributed by atoms with E-state index in [1.807, 2.05) is 24.3 Å². The Bertz CT molecular complexity index is 719. The van der Waals surface area contributed by atoms with E-state index in [4.69, 9.17) is 11.6 Å². The molecule has 2 unspecified atom stereocenters. The summed E-state index contributed by atoms with van der Waals surface area (Å²) in [5.41, 5.74) is 2.70. The number of nitrogens with zero attached hydrogens (tertiary/aromatic N) is 1. The van der Waals surface area contributed by atoms with Gasteiger partial charge in [-0.25, -0.2) is 4.90 Å². The Morgan fingerprint density at radius 2 is 1.43 bits per heavy atom. The van der Waals surface area contributed by atoms with Crippen molar-refractivity contribution in [3.05, 3.63) is 65.2 Å². The number of amides is 2. The highest BCUT2D eigenvalue weighted by Crippen LogP contribution is 2.45. The van der Waals surface area contributed by atoms with Crippen molar-refractivity contribution in [3.63, 3.8) is 0 Å². The Balaban J connectivity index is 1.68. The van der Waals surface area contributed by atoms with Crippen LogP contribution in [0.15, 0.2) is 48.5 Å². The minimum absolute atomic E-state index is 0.218. The highest BCUT2D eigenvalue weighted by Gasteiger charge is 2.38. The molecule has 2 amide bonds. The van der Waals surface area contributed by atoms with Crippen molar-refractivity contribution in [2.24, 2.45) is 0 Å². The molecule has 1 fully saturated rings. The highest BCUT2D eigenvalue weighted by atomic mass is 35.5. The molecule has 0 spiro atoms. The lowest BCUT2D eigenvalue weighted by molar-refractivity contribution is 0.0926. The third-order valence-electron chi connectivity index (χ3n) is 4.09. The van der Waals surface area contributed by atoms with Gasteiger partial charge in [-0.2, -0.15) is 0 Å². The summed E-state index contributed by atoms with van der Waals surface area (Å²) in [4.78, 5) is 26.0. The summed E-state index contributed by atoms with van der Waals surface area (Å²) >= 11 is 6.04. The van der Waals surface area contributed by atoms with Gasteiger partial charge in [0.15, 0.2) is 0 Å². The standard InChI is InChI=1S/C17H12ClNO2/c18-15-9-14(15)10-5-7-11(8-6-10)19-16(20)12-3-1-2-4-13(12)17(19)21/h1-8,14-15H,9H2. The molecule has 1 aliphatic heterocycles. The lowest BCUT2D eigenvalue weighted by atomic mass is 10.1. The Labute approximate surface area is 127 Å². The molecule has 0 radical (unpaired) electrons. The zero-order valence-electron chi connectivity index (χ0n) is 11.1. The number of hydrogen-bond donors (Lipinski definition) is 0. The summed E-state index contributed by atoms with van der Waals surface area (Å²) in [6.45, 7) is 0. The van der Waals surface area contributed by atoms with Crippen molar-refractivity contribution in [1.82, 2.24) is 0 Å². The van der Waals surface area contributed by atoms with Gasteiger partial charge in [-0.3, -0.25) is 9.59 Å². The summed E-state index contributed by atoms with van der Waals surface area (Å²) in [6.07, 6.45) is 0.994. The van der Waals surface area contributed by atoms with E-state index in [9.17, 15) is 9.59 Å². The molecule has 1 heterocycles. The minimum Gasteiger partial charge on any atom is -0.268 e. The number of benzene rings is 2. The lowest BCUT2D eigenvalue weighted by Crippen LogP contribution is -2.29. The summed E-state index contributed by atoms with van der Waals surface area (Å²) in [5, 5.41) is 0.218. The number of carbonyl (C=O) groups is 2. The lowest BCUT2D eigenvalue weighted by Gasteiger charge is -2.14. The third-order valence-corrected chi connectivity index (χ3v) is 4.57. The molecular formula is C17H12ClNO2. The highest BCUT2D eigenvalue weighted by molar-refractivity contribution is 6.34. The summed E-state index contributed by atoms with van der Waals surface area (Å²) in [5.74, 6) is -0.113. The van der Waals surface area contributed by atoms with E-state index in [1.54, 1.807) is 24.3 Å². The van der Waals surface area contributed by atoms with Crippen LogP contribution in [0.4, 0.5) is 5.69 Å². The van der Waals surface area contributed by atoms with Gasteiger partial charge in [0.05, 0.1) is 16.8 Å². The number of alkyl halides is 1. The predicted octanol–water partition coefficient (Wildman–Crippen LogP) is 3.58. The van der Waals surface area contributed by atoms with Crippen molar-refractivity contribution in [2.45, 2.75) is 17.7 Å². The van der Waals surface area contributed by atoms with Gasteiger partial charge < -0.3 is 0 Å². The molecule has 4 heteroatoms. The molecule has 2 aromatic rings. The fourth-order valence-electron chi connectivity index (χ4n) is 2.80. The average Bonchev–Trinajstić information content (AvgIpc) is 3.19. The van der Waals surface area contributed by atoms with Gasteiger partial charge in [-0.05, 0) is 36.2 Å². The van der Waals surface area contributed by atoms with Crippen LogP contribution in [0.1, 0.15) is 38.6 Å². The van der Waals surface area contributed by atoms with E-state index in [-0.39, 0.29) is 17.2 Å². The predicted molar refractivity (Wildman–Crippen MR) is 81.0 cm³/mol. The van der Waals surface area contributed by atoms with Crippen molar-refractivity contribution in [3.8, 4) is 0 Å². The maximum Gasteiger partial charge on any atom is 0.266 e. The van der Waals surface area contributed by atoms with E-state index in [0.29, 0.717) is 22.7 Å². The minimum atomic E-state index is -0.259. The second kappa shape index (κ2) is 4.43. The number of halogens is 1. The Morgan fingerprint density at radius 3 is 1.90 bits per heavy atom. The van der Waals surface area contributed by atoms with Crippen LogP contribution < -0.4 is 4.90 Å². The number of carbonyl (C=O) groups excluding carboxylic acids is 2. The molecule has 0 N–H and O–H groups in total. The van der Waals surface area contributed by atoms with Crippen LogP contribution in [0.2, 0.25) is 0 Å². The first kappa shape index (κ1) is 12.6. The van der Waals surface area contributed by atoms with Gasteiger partial charge in [0, 0.05) is 11.3 Å². The van der Waals surface area contributed by atoms with Crippen LogP contribution in [-0.4, -0.2) is 17.2 Å². The van der Waals surface area contributed by atoms with E-state index >= 15 is 0 Å². The molecule has 0 aromatic heterocycles. The monoisotopic (exact) mass is 297 g/mol. The third kappa shape index (κ3) is 1.88. The Hall–Kier alpha value is -2.13. The van der Waals surface area contributed by atoms with E-state index in [1.165, 1.54) is 4.90 Å². The first-order valence-electron chi connectivity index (χ1n) is 6.88. The van der Waals surface area contributed by atoms with Crippen molar-refractivity contribution in [2.75, 3.05) is 4.90 Å². The maximum atomic E-state index is 12.4. The fraction of sp³-hybridized carbons (Fsp3) is 0.176. The van der Waals surface area contributed by atoms with Gasteiger partial charge in [-0.1, -0.05) is 24.3 Å². The number of fused-ring (bicyclic) bond motifs is 1. The SMILES string of the molecule is O=C1c2ccccc2C(=O)N1c1ccc(C2CC2Cl)cc1. The summed E-state index contributed by atoms with van der Waals surface area (Å²) < 4.78 is 0. The summed E-state index contributed by atoms with van der Waals surface area (Å²) in [7, 11) is 0. The topological polar surface area (TPSA) is 37.4 Å². The van der Waals surface area contributed by atoms with Crippen LogP contribution in [0.3, 0.4) is 0 Å². The Kier molecular flexibility index (Phi) is 2.66. The number of anilines is 1. The number of imide groups is 1. The zero-order valence-corrected chi connectivity index (χ0v) is 11.9. The number of hydrogen-bond acceptors (Lipinski definition) is 2. The zero-order chi connectivity index (χ0) is 14.6. The van der Waals surface area contributed by atoms with Crippen molar-refractivity contribution >= 4 is 29.1 Å². The Morgan fingerprint density at radius 1 is 0.905 bits per heavy atom. The van der Waals surface area contributed by atoms with Gasteiger partial charge in [0.25, 0.3) is 11.8 Å². The molecule has 2 atom stereocenters. The first-order chi connectivity index (χ1) is 10.2. The van der Waals surface area contributed by atoms with E-state index in [2.05, 4.69) is 0 Å². The summed E-state index contributed by atoms with van der Waals surface area (Å²) in [6, 6.07) is 14.4. The van der Waals surface area contributed by atoms with Gasteiger partial charge in [-0.15, -0.1) is 11.6 Å². The van der Waals surface area contributed by atoms with Crippen LogP contribution >= 0.6 is 11.6 Å². The first-order valence-corrected chi connectivity index (χ1v) is 7.32. The van der Waals surface area contributed by atoms with Gasteiger partial charge in [0.2, 0.25) is 0 Å². The van der Waals surface area contributed by atoms with Crippen LogP contribution in [0.5, 0.6) is 0 Å². The van der Waals surface area contributed by atoms with Crippen LogP contribution in [-0.2, 0) is 0 Å².